The zero-order chi connectivity index (χ0) is 14.4. The standard InChI is InChI=1S/C15H31N3O/c1-5-7-12(3)17-15(19)13(4)18-9-6-8-11(2)14(18)10-16/h11-14H,5-10,16H2,1-4H3,(H,17,19). The monoisotopic (exact) mass is 269 g/mol. The summed E-state index contributed by atoms with van der Waals surface area (Å²) in [6.45, 7) is 10.1. The molecule has 4 atom stereocenters. The van der Waals surface area contributed by atoms with Crippen LogP contribution in [0.4, 0.5) is 0 Å². The van der Waals surface area contributed by atoms with Gasteiger partial charge in [-0.15, -0.1) is 0 Å². The van der Waals surface area contributed by atoms with Crippen molar-refractivity contribution in [2.24, 2.45) is 11.7 Å². The second kappa shape index (κ2) is 7.85. The first-order valence-electron chi connectivity index (χ1n) is 7.77. The van der Waals surface area contributed by atoms with Gasteiger partial charge in [0.2, 0.25) is 5.91 Å². The molecule has 0 aromatic carbocycles. The van der Waals surface area contributed by atoms with Gasteiger partial charge in [-0.05, 0) is 45.6 Å². The molecule has 19 heavy (non-hydrogen) atoms. The number of likely N-dealkylation sites (tertiary alicyclic amines) is 1. The minimum Gasteiger partial charge on any atom is -0.352 e. The van der Waals surface area contributed by atoms with E-state index in [0.29, 0.717) is 18.5 Å². The minimum atomic E-state index is -0.0735. The third-order valence-corrected chi connectivity index (χ3v) is 4.39. The van der Waals surface area contributed by atoms with Gasteiger partial charge in [0.05, 0.1) is 6.04 Å². The smallest absolute Gasteiger partial charge is 0.237 e. The third kappa shape index (κ3) is 4.46. The molecule has 1 aliphatic heterocycles. The fourth-order valence-electron chi connectivity index (χ4n) is 3.15. The molecule has 1 heterocycles. The first-order chi connectivity index (χ1) is 9.01. The molecular formula is C15H31N3O. The van der Waals surface area contributed by atoms with Crippen molar-refractivity contribution in [3.63, 3.8) is 0 Å². The molecule has 4 unspecified atom stereocenters. The van der Waals surface area contributed by atoms with Gasteiger partial charge in [0.25, 0.3) is 0 Å². The van der Waals surface area contributed by atoms with E-state index in [-0.39, 0.29) is 18.0 Å². The zero-order valence-electron chi connectivity index (χ0n) is 13.0. The lowest BCUT2D eigenvalue weighted by Gasteiger charge is -2.42. The Balaban J connectivity index is 2.59. The van der Waals surface area contributed by atoms with Crippen LogP contribution in [0.3, 0.4) is 0 Å². The SMILES string of the molecule is CCCC(C)NC(=O)C(C)N1CCCC(C)C1CN. The van der Waals surface area contributed by atoms with Gasteiger partial charge in [0.1, 0.15) is 0 Å². The van der Waals surface area contributed by atoms with Crippen LogP contribution in [0.1, 0.15) is 53.4 Å². The molecule has 0 aromatic rings. The Morgan fingerprint density at radius 3 is 2.74 bits per heavy atom. The quantitative estimate of drug-likeness (QED) is 0.772. The molecule has 0 spiro atoms. The number of hydrogen-bond acceptors (Lipinski definition) is 3. The van der Waals surface area contributed by atoms with Crippen LogP contribution in [0.15, 0.2) is 0 Å². The molecule has 1 amide bonds. The number of carbonyl (C=O) groups is 1. The van der Waals surface area contributed by atoms with Crippen molar-refractivity contribution in [1.82, 2.24) is 10.2 Å². The molecule has 4 nitrogen and oxygen atoms in total. The molecule has 112 valence electrons. The van der Waals surface area contributed by atoms with E-state index >= 15 is 0 Å². The van der Waals surface area contributed by atoms with Crippen molar-refractivity contribution in [3.05, 3.63) is 0 Å². The molecule has 0 bridgehead atoms. The van der Waals surface area contributed by atoms with E-state index in [9.17, 15) is 4.79 Å². The molecule has 0 aliphatic carbocycles. The van der Waals surface area contributed by atoms with Crippen LogP contribution in [0.25, 0.3) is 0 Å². The van der Waals surface area contributed by atoms with Crippen LogP contribution >= 0.6 is 0 Å². The van der Waals surface area contributed by atoms with E-state index in [1.54, 1.807) is 0 Å². The van der Waals surface area contributed by atoms with Gasteiger partial charge in [-0.2, -0.15) is 0 Å². The second-order valence-electron chi connectivity index (χ2n) is 6.03. The van der Waals surface area contributed by atoms with Gasteiger partial charge in [-0.25, -0.2) is 0 Å². The number of hydrogen-bond donors (Lipinski definition) is 2. The summed E-state index contributed by atoms with van der Waals surface area (Å²) in [6, 6.07) is 0.532. The van der Waals surface area contributed by atoms with Gasteiger partial charge in [0, 0.05) is 18.6 Å². The maximum Gasteiger partial charge on any atom is 0.237 e. The third-order valence-electron chi connectivity index (χ3n) is 4.39. The first-order valence-corrected chi connectivity index (χ1v) is 7.77. The van der Waals surface area contributed by atoms with E-state index in [2.05, 4.69) is 31.0 Å². The maximum absolute atomic E-state index is 12.3. The molecule has 1 aliphatic rings. The number of piperidine rings is 1. The van der Waals surface area contributed by atoms with Gasteiger partial charge in [-0.1, -0.05) is 20.3 Å². The van der Waals surface area contributed by atoms with Crippen molar-refractivity contribution < 1.29 is 4.79 Å². The Morgan fingerprint density at radius 1 is 1.47 bits per heavy atom. The lowest BCUT2D eigenvalue weighted by Crippen LogP contribution is -2.57. The highest BCUT2D eigenvalue weighted by Crippen LogP contribution is 2.24. The zero-order valence-corrected chi connectivity index (χ0v) is 13.0. The minimum absolute atomic E-state index is 0.0735. The molecule has 0 saturated carbocycles. The van der Waals surface area contributed by atoms with Crippen LogP contribution in [-0.2, 0) is 4.79 Å². The highest BCUT2D eigenvalue weighted by atomic mass is 16.2. The number of amides is 1. The highest BCUT2D eigenvalue weighted by Gasteiger charge is 2.33. The molecule has 1 saturated heterocycles. The summed E-state index contributed by atoms with van der Waals surface area (Å²) in [5.41, 5.74) is 5.90. The van der Waals surface area contributed by atoms with Crippen molar-refractivity contribution in [2.75, 3.05) is 13.1 Å². The highest BCUT2D eigenvalue weighted by molar-refractivity contribution is 5.81. The molecule has 4 heteroatoms. The topological polar surface area (TPSA) is 58.4 Å². The maximum atomic E-state index is 12.3. The largest absolute Gasteiger partial charge is 0.352 e. The fourth-order valence-corrected chi connectivity index (χ4v) is 3.15. The van der Waals surface area contributed by atoms with Crippen LogP contribution < -0.4 is 11.1 Å². The van der Waals surface area contributed by atoms with Crippen LogP contribution in [-0.4, -0.2) is 42.0 Å². The Morgan fingerprint density at radius 2 is 2.16 bits per heavy atom. The summed E-state index contributed by atoms with van der Waals surface area (Å²) in [4.78, 5) is 14.6. The summed E-state index contributed by atoms with van der Waals surface area (Å²) >= 11 is 0. The summed E-state index contributed by atoms with van der Waals surface area (Å²) in [5.74, 6) is 0.732. The second-order valence-corrected chi connectivity index (χ2v) is 6.03. The average molecular weight is 269 g/mol. The number of nitrogens with zero attached hydrogens (tertiary/aromatic N) is 1. The molecule has 0 aromatic heterocycles. The predicted octanol–water partition coefficient (Wildman–Crippen LogP) is 1.74. The summed E-state index contributed by atoms with van der Waals surface area (Å²) < 4.78 is 0. The average Bonchev–Trinajstić information content (AvgIpc) is 2.37. The first kappa shape index (κ1) is 16.4. The van der Waals surface area contributed by atoms with Gasteiger partial charge < -0.3 is 11.1 Å². The van der Waals surface area contributed by atoms with E-state index in [1.807, 2.05) is 6.92 Å². The Bertz CT molecular complexity index is 283. The van der Waals surface area contributed by atoms with Gasteiger partial charge in [0.15, 0.2) is 0 Å². The molecule has 0 radical (unpaired) electrons. The van der Waals surface area contributed by atoms with E-state index in [1.165, 1.54) is 12.8 Å². The normalized spacial score (nSPS) is 27.8. The lowest BCUT2D eigenvalue weighted by atomic mass is 9.89. The molecular weight excluding hydrogens is 238 g/mol. The summed E-state index contributed by atoms with van der Waals surface area (Å²) in [6.07, 6.45) is 4.52. The van der Waals surface area contributed by atoms with Gasteiger partial charge in [-0.3, -0.25) is 9.69 Å². The van der Waals surface area contributed by atoms with Crippen LogP contribution in [0, 0.1) is 5.92 Å². The van der Waals surface area contributed by atoms with E-state index < -0.39 is 0 Å². The van der Waals surface area contributed by atoms with Crippen molar-refractivity contribution in [2.45, 2.75) is 71.5 Å². The number of nitrogens with two attached hydrogens (primary N) is 1. The summed E-state index contributed by atoms with van der Waals surface area (Å²) in [5, 5.41) is 3.12. The Kier molecular flexibility index (Phi) is 6.80. The van der Waals surface area contributed by atoms with Crippen LogP contribution in [0.5, 0.6) is 0 Å². The molecule has 1 rings (SSSR count). The van der Waals surface area contributed by atoms with E-state index in [4.69, 9.17) is 5.73 Å². The Hall–Kier alpha value is -0.610. The molecule has 1 fully saturated rings. The van der Waals surface area contributed by atoms with Crippen molar-refractivity contribution >= 4 is 5.91 Å². The van der Waals surface area contributed by atoms with Crippen molar-refractivity contribution in [1.29, 1.82) is 0 Å². The number of nitrogens with one attached hydrogen (secondary N) is 1. The Labute approximate surface area is 118 Å². The number of rotatable bonds is 6. The van der Waals surface area contributed by atoms with Crippen LogP contribution in [0.2, 0.25) is 0 Å². The summed E-state index contributed by atoms with van der Waals surface area (Å²) in [7, 11) is 0. The fraction of sp³-hybridized carbons (Fsp3) is 0.933. The van der Waals surface area contributed by atoms with Crippen molar-refractivity contribution in [3.8, 4) is 0 Å². The lowest BCUT2D eigenvalue weighted by molar-refractivity contribution is -0.128. The van der Waals surface area contributed by atoms with Gasteiger partial charge >= 0.3 is 0 Å². The molecule has 3 N–H and O–H groups in total. The predicted molar refractivity (Wildman–Crippen MR) is 79.9 cm³/mol. The number of carbonyl (C=O) groups excluding carboxylic acids is 1. The van der Waals surface area contributed by atoms with E-state index in [0.717, 1.165) is 19.4 Å².